The molecular weight excluding hydrogens is 145 g/mol. The molecule has 0 saturated heterocycles. The largest absolute Gasteiger partial charge is 0.327 e. The zero-order valence-corrected chi connectivity index (χ0v) is 6.50. The van der Waals surface area contributed by atoms with E-state index in [-0.39, 0.29) is 6.54 Å². The average molecular weight is 157 g/mol. The molecule has 0 aliphatic heterocycles. The molecule has 1 aromatic heterocycles. The third-order valence-corrected chi connectivity index (χ3v) is 1.55. The van der Waals surface area contributed by atoms with E-state index in [1.54, 1.807) is 10.9 Å². The van der Waals surface area contributed by atoms with Crippen molar-refractivity contribution in [1.29, 1.82) is 0 Å². The van der Waals surface area contributed by atoms with E-state index in [1.807, 2.05) is 6.92 Å². The predicted octanol–water partition coefficient (Wildman–Crippen LogP) is 0.872. The van der Waals surface area contributed by atoms with Crippen LogP contribution in [-0.4, -0.2) is 16.3 Å². The molecule has 1 rings (SSSR count). The molecule has 1 unspecified atom stereocenters. The van der Waals surface area contributed by atoms with Crippen molar-refractivity contribution in [2.24, 2.45) is 5.73 Å². The molecule has 0 aromatic carbocycles. The maximum atomic E-state index is 12.8. The molecule has 0 aliphatic carbocycles. The molecule has 11 heavy (non-hydrogen) atoms. The van der Waals surface area contributed by atoms with Gasteiger partial charge in [-0.25, -0.2) is 4.39 Å². The Labute approximate surface area is 65.0 Å². The van der Waals surface area contributed by atoms with Crippen molar-refractivity contribution in [2.45, 2.75) is 19.6 Å². The molecule has 0 radical (unpaired) electrons. The fraction of sp³-hybridized carbons (Fsp3) is 0.571. The Kier molecular flexibility index (Phi) is 2.59. The summed E-state index contributed by atoms with van der Waals surface area (Å²) in [5.41, 5.74) is 5.71. The first-order chi connectivity index (χ1) is 5.27. The quantitative estimate of drug-likeness (QED) is 0.707. The SMILES string of the molecule is CCn1cc(C(F)CN)cn1. The lowest BCUT2D eigenvalue weighted by molar-refractivity contribution is 0.352. The second-order valence-corrected chi connectivity index (χ2v) is 2.33. The Morgan fingerprint density at radius 1 is 1.82 bits per heavy atom. The molecule has 1 aromatic rings. The third-order valence-electron chi connectivity index (χ3n) is 1.55. The lowest BCUT2D eigenvalue weighted by atomic mass is 10.2. The molecule has 0 saturated carbocycles. The van der Waals surface area contributed by atoms with E-state index in [0.29, 0.717) is 5.56 Å². The van der Waals surface area contributed by atoms with Crippen LogP contribution in [0.25, 0.3) is 0 Å². The highest BCUT2D eigenvalue weighted by atomic mass is 19.1. The molecule has 0 spiro atoms. The molecule has 4 heteroatoms. The standard InChI is InChI=1S/C7H12FN3/c1-2-11-5-6(4-10-11)7(8)3-9/h4-5,7H,2-3,9H2,1H3. The number of alkyl halides is 1. The molecule has 62 valence electrons. The highest BCUT2D eigenvalue weighted by Gasteiger charge is 2.08. The average Bonchev–Trinajstić information content (AvgIpc) is 2.50. The summed E-state index contributed by atoms with van der Waals surface area (Å²) in [5.74, 6) is 0. The Bertz CT molecular complexity index is 221. The van der Waals surface area contributed by atoms with E-state index in [2.05, 4.69) is 5.10 Å². The topological polar surface area (TPSA) is 43.8 Å². The summed E-state index contributed by atoms with van der Waals surface area (Å²) in [6.07, 6.45) is 2.12. The van der Waals surface area contributed by atoms with Crippen LogP contribution in [0.15, 0.2) is 12.4 Å². The Morgan fingerprint density at radius 2 is 2.55 bits per heavy atom. The molecule has 0 aliphatic rings. The van der Waals surface area contributed by atoms with Gasteiger partial charge in [0, 0.05) is 24.8 Å². The Hall–Kier alpha value is -0.900. The number of hydrogen-bond donors (Lipinski definition) is 1. The van der Waals surface area contributed by atoms with Gasteiger partial charge in [-0.1, -0.05) is 0 Å². The fourth-order valence-electron chi connectivity index (χ4n) is 0.850. The molecule has 0 fully saturated rings. The van der Waals surface area contributed by atoms with Crippen LogP contribution in [0.5, 0.6) is 0 Å². The highest BCUT2D eigenvalue weighted by molar-refractivity contribution is 5.08. The Morgan fingerprint density at radius 3 is 3.00 bits per heavy atom. The van der Waals surface area contributed by atoms with Gasteiger partial charge in [0.2, 0.25) is 0 Å². The van der Waals surface area contributed by atoms with E-state index in [9.17, 15) is 4.39 Å². The van der Waals surface area contributed by atoms with E-state index < -0.39 is 6.17 Å². The summed E-state index contributed by atoms with van der Waals surface area (Å²) in [5, 5.41) is 3.92. The van der Waals surface area contributed by atoms with Gasteiger partial charge >= 0.3 is 0 Å². The van der Waals surface area contributed by atoms with Gasteiger partial charge in [-0.2, -0.15) is 5.10 Å². The second kappa shape index (κ2) is 3.48. The van der Waals surface area contributed by atoms with Crippen LogP contribution in [0.3, 0.4) is 0 Å². The molecule has 2 N–H and O–H groups in total. The van der Waals surface area contributed by atoms with Crippen molar-refractivity contribution in [3.63, 3.8) is 0 Å². The summed E-state index contributed by atoms with van der Waals surface area (Å²) in [7, 11) is 0. The van der Waals surface area contributed by atoms with Crippen LogP contribution < -0.4 is 5.73 Å². The van der Waals surface area contributed by atoms with Crippen LogP contribution in [0.4, 0.5) is 4.39 Å². The summed E-state index contributed by atoms with van der Waals surface area (Å²) in [6, 6.07) is 0. The monoisotopic (exact) mass is 157 g/mol. The summed E-state index contributed by atoms with van der Waals surface area (Å²) >= 11 is 0. The number of nitrogens with two attached hydrogens (primary N) is 1. The third kappa shape index (κ3) is 1.77. The van der Waals surface area contributed by atoms with Crippen LogP contribution in [0.2, 0.25) is 0 Å². The molecule has 3 nitrogen and oxygen atoms in total. The number of hydrogen-bond acceptors (Lipinski definition) is 2. The first-order valence-electron chi connectivity index (χ1n) is 3.64. The maximum absolute atomic E-state index is 12.8. The number of rotatable bonds is 3. The van der Waals surface area contributed by atoms with E-state index in [0.717, 1.165) is 6.54 Å². The van der Waals surface area contributed by atoms with Gasteiger partial charge in [-0.15, -0.1) is 0 Å². The smallest absolute Gasteiger partial charge is 0.140 e. The van der Waals surface area contributed by atoms with Crippen LogP contribution in [-0.2, 0) is 6.54 Å². The van der Waals surface area contributed by atoms with Gasteiger partial charge in [0.1, 0.15) is 6.17 Å². The minimum atomic E-state index is -1.07. The van der Waals surface area contributed by atoms with Crippen molar-refractivity contribution in [3.8, 4) is 0 Å². The Balaban J connectivity index is 2.71. The minimum absolute atomic E-state index is 0.0232. The van der Waals surface area contributed by atoms with Gasteiger partial charge < -0.3 is 5.73 Å². The van der Waals surface area contributed by atoms with E-state index in [4.69, 9.17) is 5.73 Å². The normalized spacial score (nSPS) is 13.4. The van der Waals surface area contributed by atoms with Crippen molar-refractivity contribution in [3.05, 3.63) is 18.0 Å². The molecule has 1 atom stereocenters. The maximum Gasteiger partial charge on any atom is 0.140 e. The lowest BCUT2D eigenvalue weighted by Gasteiger charge is -1.98. The van der Waals surface area contributed by atoms with Crippen LogP contribution in [0, 0.1) is 0 Å². The van der Waals surface area contributed by atoms with E-state index >= 15 is 0 Å². The predicted molar refractivity (Wildman–Crippen MR) is 40.8 cm³/mol. The van der Waals surface area contributed by atoms with Crippen LogP contribution >= 0.6 is 0 Å². The lowest BCUT2D eigenvalue weighted by Crippen LogP contribution is -2.06. The molecular formula is C7H12FN3. The van der Waals surface area contributed by atoms with Crippen molar-refractivity contribution in [1.82, 2.24) is 9.78 Å². The number of aromatic nitrogens is 2. The zero-order chi connectivity index (χ0) is 8.27. The summed E-state index contributed by atoms with van der Waals surface area (Å²) < 4.78 is 14.5. The van der Waals surface area contributed by atoms with Gasteiger partial charge in [0.05, 0.1) is 6.20 Å². The van der Waals surface area contributed by atoms with Crippen molar-refractivity contribution >= 4 is 0 Å². The molecule has 0 bridgehead atoms. The molecule has 1 heterocycles. The zero-order valence-electron chi connectivity index (χ0n) is 6.50. The van der Waals surface area contributed by atoms with E-state index in [1.165, 1.54) is 6.20 Å². The number of nitrogens with zero attached hydrogens (tertiary/aromatic N) is 2. The van der Waals surface area contributed by atoms with Crippen molar-refractivity contribution in [2.75, 3.05) is 6.54 Å². The van der Waals surface area contributed by atoms with Gasteiger partial charge in [0.25, 0.3) is 0 Å². The number of halogens is 1. The summed E-state index contributed by atoms with van der Waals surface area (Å²) in [6.45, 7) is 2.74. The first kappa shape index (κ1) is 8.20. The van der Waals surface area contributed by atoms with Gasteiger partial charge in [0.15, 0.2) is 0 Å². The van der Waals surface area contributed by atoms with Crippen LogP contribution in [0.1, 0.15) is 18.7 Å². The fourth-order valence-corrected chi connectivity index (χ4v) is 0.850. The summed E-state index contributed by atoms with van der Waals surface area (Å²) in [4.78, 5) is 0. The first-order valence-corrected chi connectivity index (χ1v) is 3.64. The van der Waals surface area contributed by atoms with Gasteiger partial charge in [-0.05, 0) is 6.92 Å². The second-order valence-electron chi connectivity index (χ2n) is 2.33. The highest BCUT2D eigenvalue weighted by Crippen LogP contribution is 2.13. The van der Waals surface area contributed by atoms with Gasteiger partial charge in [-0.3, -0.25) is 4.68 Å². The minimum Gasteiger partial charge on any atom is -0.327 e. The molecule has 0 amide bonds. The number of aryl methyl sites for hydroxylation is 1. The van der Waals surface area contributed by atoms with Crippen molar-refractivity contribution < 1.29 is 4.39 Å².